The molecule has 5 nitrogen and oxygen atoms in total. The number of nitrogens with zero attached hydrogens (tertiary/aromatic N) is 1. The van der Waals surface area contributed by atoms with Gasteiger partial charge in [-0.05, 0) is 50.6 Å². The van der Waals surface area contributed by atoms with Crippen molar-refractivity contribution >= 4 is 23.6 Å². The zero-order valence-electron chi connectivity index (χ0n) is 16.1. The zero-order chi connectivity index (χ0) is 18.7. The summed E-state index contributed by atoms with van der Waals surface area (Å²) in [6, 6.07) is 6.66. The minimum absolute atomic E-state index is 0.0703. The average molecular weight is 365 g/mol. The van der Waals surface area contributed by atoms with Crippen LogP contribution in [0.3, 0.4) is 0 Å². The van der Waals surface area contributed by atoms with E-state index in [1.807, 2.05) is 13.8 Å². The summed E-state index contributed by atoms with van der Waals surface area (Å²) < 4.78 is 0. The normalized spacial score (nSPS) is 12.6. The van der Waals surface area contributed by atoms with Crippen molar-refractivity contribution in [2.24, 2.45) is 4.99 Å². The summed E-state index contributed by atoms with van der Waals surface area (Å²) in [5.74, 6) is 0.812. The minimum atomic E-state index is 0.0703. The number of rotatable bonds is 9. The number of carbonyl (C=O) groups is 1. The summed E-state index contributed by atoms with van der Waals surface area (Å²) in [6.07, 6.45) is 3.47. The van der Waals surface area contributed by atoms with Crippen LogP contribution in [0.5, 0.6) is 0 Å². The molecule has 0 saturated carbocycles. The van der Waals surface area contributed by atoms with E-state index in [4.69, 9.17) is 0 Å². The molecular formula is C19H32N4OS. The summed E-state index contributed by atoms with van der Waals surface area (Å²) in [5, 5.41) is 9.43. The van der Waals surface area contributed by atoms with Crippen molar-refractivity contribution in [3.8, 4) is 0 Å². The molecule has 1 aromatic rings. The maximum absolute atomic E-state index is 11.8. The van der Waals surface area contributed by atoms with Crippen molar-refractivity contribution in [1.29, 1.82) is 0 Å². The van der Waals surface area contributed by atoms with Crippen molar-refractivity contribution in [2.45, 2.75) is 58.0 Å². The third-order valence-corrected chi connectivity index (χ3v) is 4.68. The van der Waals surface area contributed by atoms with Crippen molar-refractivity contribution in [1.82, 2.24) is 16.0 Å². The number of carbonyl (C=O) groups excluding carboxylic acids is 1. The van der Waals surface area contributed by atoms with Crippen molar-refractivity contribution in [2.75, 3.05) is 19.3 Å². The molecule has 0 aliphatic rings. The first-order valence-electron chi connectivity index (χ1n) is 8.95. The van der Waals surface area contributed by atoms with Crippen LogP contribution >= 0.6 is 11.8 Å². The maximum atomic E-state index is 11.8. The third kappa shape index (κ3) is 8.29. The highest BCUT2D eigenvalue weighted by molar-refractivity contribution is 7.98. The molecule has 1 atom stereocenters. The van der Waals surface area contributed by atoms with E-state index in [9.17, 15) is 4.79 Å². The lowest BCUT2D eigenvalue weighted by atomic mass is 10.1. The van der Waals surface area contributed by atoms with Crippen LogP contribution in [0.15, 0.2) is 28.1 Å². The molecule has 1 unspecified atom stereocenters. The molecule has 1 aromatic carbocycles. The molecule has 6 heteroatoms. The molecule has 1 rings (SSSR count). The highest BCUT2D eigenvalue weighted by atomic mass is 32.2. The van der Waals surface area contributed by atoms with E-state index >= 15 is 0 Å². The summed E-state index contributed by atoms with van der Waals surface area (Å²) >= 11 is 1.74. The van der Waals surface area contributed by atoms with Crippen molar-refractivity contribution in [3.63, 3.8) is 0 Å². The number of hydrogen-bond acceptors (Lipinski definition) is 3. The highest BCUT2D eigenvalue weighted by Crippen LogP contribution is 2.22. The first-order chi connectivity index (χ1) is 12.0. The fourth-order valence-electron chi connectivity index (χ4n) is 2.23. The standard InChI is InChI=1S/C19H32N4OS/c1-6-15(4)23-18(24)10-11-21-19(20-7-2)22-13-16-9-8-14(3)12-17(16)25-5/h8-9,12,15H,6-7,10-11,13H2,1-5H3,(H,23,24)(H2,20,21,22). The van der Waals surface area contributed by atoms with Crippen LogP contribution in [0.1, 0.15) is 44.7 Å². The molecule has 0 spiro atoms. The number of hydrogen-bond donors (Lipinski definition) is 3. The Morgan fingerprint density at radius 1 is 1.28 bits per heavy atom. The smallest absolute Gasteiger partial charge is 0.221 e. The Hall–Kier alpha value is -1.69. The van der Waals surface area contributed by atoms with Gasteiger partial charge in [-0.25, -0.2) is 4.99 Å². The molecule has 1 amide bonds. The van der Waals surface area contributed by atoms with Gasteiger partial charge in [0, 0.05) is 30.4 Å². The molecule has 0 aliphatic carbocycles. The molecule has 3 N–H and O–H groups in total. The lowest BCUT2D eigenvalue weighted by Gasteiger charge is -2.14. The van der Waals surface area contributed by atoms with Gasteiger partial charge >= 0.3 is 0 Å². The SMILES string of the molecule is CCNC(=NCc1ccc(C)cc1SC)NCCC(=O)NC(C)CC. The van der Waals surface area contributed by atoms with Gasteiger partial charge in [0.25, 0.3) is 0 Å². The molecule has 25 heavy (non-hydrogen) atoms. The number of amides is 1. The third-order valence-electron chi connectivity index (χ3n) is 3.86. The lowest BCUT2D eigenvalue weighted by molar-refractivity contribution is -0.121. The van der Waals surface area contributed by atoms with Crippen LogP contribution in [-0.4, -0.2) is 37.3 Å². The van der Waals surface area contributed by atoms with E-state index in [2.05, 4.69) is 59.2 Å². The Bertz CT molecular complexity index is 575. The Balaban J connectivity index is 2.58. The summed E-state index contributed by atoms with van der Waals surface area (Å²) in [5.41, 5.74) is 2.47. The summed E-state index contributed by atoms with van der Waals surface area (Å²) in [7, 11) is 0. The van der Waals surface area contributed by atoms with Crippen LogP contribution in [0.4, 0.5) is 0 Å². The van der Waals surface area contributed by atoms with E-state index in [1.54, 1.807) is 11.8 Å². The van der Waals surface area contributed by atoms with Gasteiger partial charge in [-0.15, -0.1) is 11.8 Å². The second kappa shape index (κ2) is 11.8. The van der Waals surface area contributed by atoms with Crippen LogP contribution < -0.4 is 16.0 Å². The average Bonchev–Trinajstić information content (AvgIpc) is 2.60. The monoisotopic (exact) mass is 364 g/mol. The van der Waals surface area contributed by atoms with Gasteiger partial charge in [-0.3, -0.25) is 4.79 Å². The maximum Gasteiger partial charge on any atom is 0.221 e. The fraction of sp³-hybridized carbons (Fsp3) is 0.579. The Kier molecular flexibility index (Phi) is 10.1. The topological polar surface area (TPSA) is 65.5 Å². The van der Waals surface area contributed by atoms with Crippen LogP contribution in [0.2, 0.25) is 0 Å². The number of thioether (sulfide) groups is 1. The second-order valence-electron chi connectivity index (χ2n) is 6.06. The molecule has 0 saturated heterocycles. The molecule has 0 bridgehead atoms. The van der Waals surface area contributed by atoms with Gasteiger partial charge in [-0.2, -0.15) is 0 Å². The van der Waals surface area contributed by atoms with Crippen molar-refractivity contribution in [3.05, 3.63) is 29.3 Å². The quantitative estimate of drug-likeness (QED) is 0.358. The molecular weight excluding hydrogens is 332 g/mol. The fourth-order valence-corrected chi connectivity index (χ4v) is 2.93. The van der Waals surface area contributed by atoms with Crippen LogP contribution in [0, 0.1) is 6.92 Å². The van der Waals surface area contributed by atoms with E-state index < -0.39 is 0 Å². The lowest BCUT2D eigenvalue weighted by Crippen LogP contribution is -2.40. The van der Waals surface area contributed by atoms with Gasteiger partial charge in [-0.1, -0.05) is 19.1 Å². The molecule has 0 fully saturated rings. The Morgan fingerprint density at radius 3 is 2.68 bits per heavy atom. The van der Waals surface area contributed by atoms with Crippen LogP contribution in [0.25, 0.3) is 0 Å². The second-order valence-corrected chi connectivity index (χ2v) is 6.91. The number of aryl methyl sites for hydroxylation is 1. The van der Waals surface area contributed by atoms with E-state index in [0.717, 1.165) is 18.9 Å². The predicted molar refractivity (Wildman–Crippen MR) is 108 cm³/mol. The summed E-state index contributed by atoms with van der Waals surface area (Å²) in [4.78, 5) is 17.7. The van der Waals surface area contributed by atoms with E-state index in [-0.39, 0.29) is 11.9 Å². The summed E-state index contributed by atoms with van der Waals surface area (Å²) in [6.45, 7) is 10.2. The van der Waals surface area contributed by atoms with Gasteiger partial charge < -0.3 is 16.0 Å². The van der Waals surface area contributed by atoms with Gasteiger partial charge in [0.2, 0.25) is 5.91 Å². The Morgan fingerprint density at radius 2 is 2.04 bits per heavy atom. The van der Waals surface area contributed by atoms with Gasteiger partial charge in [0.15, 0.2) is 5.96 Å². The predicted octanol–water partition coefficient (Wildman–Crippen LogP) is 3.08. The number of nitrogens with one attached hydrogen (secondary N) is 3. The number of guanidine groups is 1. The molecule has 0 radical (unpaired) electrons. The molecule has 0 aliphatic heterocycles. The Labute approximate surface area is 156 Å². The number of benzene rings is 1. The van der Waals surface area contributed by atoms with E-state index in [0.29, 0.717) is 19.5 Å². The van der Waals surface area contributed by atoms with Crippen LogP contribution in [-0.2, 0) is 11.3 Å². The van der Waals surface area contributed by atoms with Crippen molar-refractivity contribution < 1.29 is 4.79 Å². The highest BCUT2D eigenvalue weighted by Gasteiger charge is 2.06. The molecule has 0 aromatic heterocycles. The first-order valence-corrected chi connectivity index (χ1v) is 10.2. The first kappa shape index (κ1) is 21.4. The largest absolute Gasteiger partial charge is 0.357 e. The van der Waals surface area contributed by atoms with E-state index in [1.165, 1.54) is 16.0 Å². The minimum Gasteiger partial charge on any atom is -0.357 e. The zero-order valence-corrected chi connectivity index (χ0v) is 16.9. The molecule has 140 valence electrons. The number of aliphatic imine (C=N–C) groups is 1. The molecule has 0 heterocycles. The van der Waals surface area contributed by atoms with Gasteiger partial charge in [0.05, 0.1) is 6.54 Å². The van der Waals surface area contributed by atoms with Gasteiger partial charge in [0.1, 0.15) is 0 Å².